The first-order valence-corrected chi connectivity index (χ1v) is 7.95. The van der Waals surface area contributed by atoms with Gasteiger partial charge in [0, 0.05) is 59.7 Å². The van der Waals surface area contributed by atoms with E-state index in [9.17, 15) is 22.8 Å². The van der Waals surface area contributed by atoms with Crippen molar-refractivity contribution in [3.05, 3.63) is 0 Å². The molecule has 1 unspecified atom stereocenters. The minimum atomic E-state index is -4.44. The number of carbonyl (C=O) groups is 2. The van der Waals surface area contributed by atoms with E-state index in [0.29, 0.717) is 32.7 Å². The molecular weight excluding hydrogens is 341 g/mol. The Bertz CT molecular complexity index is 433. The van der Waals surface area contributed by atoms with Crippen LogP contribution in [0, 0.1) is 5.53 Å². The number of hydrogen-bond acceptors (Lipinski definition) is 6. The topological polar surface area (TPSA) is 115 Å². The van der Waals surface area contributed by atoms with Crippen molar-refractivity contribution in [2.45, 2.75) is 32.5 Å². The van der Waals surface area contributed by atoms with Gasteiger partial charge < -0.3 is 20.9 Å². The molecule has 0 heterocycles. The maximum Gasteiger partial charge on any atom is 0.391 e. The minimum Gasteiger partial charge on any atom is -0.340 e. The Labute approximate surface area is 145 Å². The third kappa shape index (κ3) is 11.4. The Balaban J connectivity index is 4.30. The van der Waals surface area contributed by atoms with Gasteiger partial charge in [0.1, 0.15) is 0 Å². The second kappa shape index (κ2) is 11.7. The number of nitrogens with one attached hydrogen (secondary N) is 2. The number of carbonyl (C=O) groups excluding carboxylic acids is 2. The van der Waals surface area contributed by atoms with Crippen LogP contribution in [0.1, 0.15) is 20.3 Å². The number of nitrogens with zero attached hydrogens (tertiary/aromatic N) is 3. The van der Waals surface area contributed by atoms with Crippen molar-refractivity contribution in [1.29, 1.82) is 5.53 Å². The van der Waals surface area contributed by atoms with Crippen LogP contribution in [-0.4, -0.2) is 79.6 Å². The molecule has 0 aromatic rings. The van der Waals surface area contributed by atoms with E-state index in [-0.39, 0.29) is 24.9 Å². The van der Waals surface area contributed by atoms with Crippen molar-refractivity contribution < 1.29 is 22.8 Å². The van der Waals surface area contributed by atoms with E-state index in [4.69, 9.17) is 11.3 Å². The van der Waals surface area contributed by atoms with Gasteiger partial charge in [-0.1, -0.05) is 0 Å². The highest BCUT2D eigenvalue weighted by atomic mass is 19.4. The summed E-state index contributed by atoms with van der Waals surface area (Å²) in [6, 6.07) is -1.30. The van der Waals surface area contributed by atoms with E-state index < -0.39 is 18.6 Å². The number of nitrogens with two attached hydrogens (primary N) is 1. The van der Waals surface area contributed by atoms with Gasteiger partial charge in [-0.05, 0) is 0 Å². The van der Waals surface area contributed by atoms with Crippen molar-refractivity contribution in [2.75, 3.05) is 45.8 Å². The fourth-order valence-corrected chi connectivity index (χ4v) is 2.19. The Morgan fingerprint density at radius 1 is 1.12 bits per heavy atom. The molecule has 0 fully saturated rings. The van der Waals surface area contributed by atoms with Crippen LogP contribution < -0.4 is 11.1 Å². The lowest BCUT2D eigenvalue weighted by Crippen LogP contribution is -2.43. The van der Waals surface area contributed by atoms with Crippen LogP contribution in [0.5, 0.6) is 0 Å². The molecule has 0 aliphatic carbocycles. The summed E-state index contributed by atoms with van der Waals surface area (Å²) in [6.45, 7) is 4.71. The van der Waals surface area contributed by atoms with Gasteiger partial charge in [-0.25, -0.2) is 5.53 Å². The molecule has 2 amide bonds. The summed E-state index contributed by atoms with van der Waals surface area (Å²) >= 11 is 0. The highest BCUT2D eigenvalue weighted by Crippen LogP contribution is 2.23. The fourth-order valence-electron chi connectivity index (χ4n) is 2.19. The maximum atomic E-state index is 12.4. The molecule has 8 nitrogen and oxygen atoms in total. The van der Waals surface area contributed by atoms with Crippen LogP contribution in [0.25, 0.3) is 0 Å². The molecule has 25 heavy (non-hydrogen) atoms. The zero-order valence-corrected chi connectivity index (χ0v) is 14.6. The van der Waals surface area contributed by atoms with Gasteiger partial charge in [-0.3, -0.25) is 9.59 Å². The zero-order chi connectivity index (χ0) is 19.5. The average molecular weight is 368 g/mol. The molecule has 0 radical (unpaired) electrons. The Morgan fingerprint density at radius 2 is 1.64 bits per heavy atom. The molecule has 146 valence electrons. The first kappa shape index (κ1) is 23.2. The molecule has 0 rings (SSSR count). The second-order valence-electron chi connectivity index (χ2n) is 5.61. The third-order valence-electron chi connectivity index (χ3n) is 3.49. The van der Waals surface area contributed by atoms with Crippen LogP contribution in [0.3, 0.4) is 0 Å². The van der Waals surface area contributed by atoms with Gasteiger partial charge in [0.2, 0.25) is 11.8 Å². The molecule has 0 saturated heterocycles. The largest absolute Gasteiger partial charge is 0.391 e. The summed E-state index contributed by atoms with van der Waals surface area (Å²) in [7, 11) is 0. The molecule has 0 spiro atoms. The van der Waals surface area contributed by atoms with Crippen LogP contribution in [-0.2, 0) is 9.59 Å². The van der Waals surface area contributed by atoms with Gasteiger partial charge in [0.05, 0.1) is 12.5 Å². The fraction of sp³-hybridized carbons (Fsp3) is 0.857. The first-order valence-electron chi connectivity index (χ1n) is 7.95. The summed E-state index contributed by atoms with van der Waals surface area (Å²) in [5, 5.41) is 5.99. The second-order valence-corrected chi connectivity index (χ2v) is 5.61. The van der Waals surface area contributed by atoms with Gasteiger partial charge in [-0.2, -0.15) is 18.3 Å². The summed E-state index contributed by atoms with van der Waals surface area (Å²) in [5.74, 6) is -0.476. The molecule has 1 atom stereocenters. The molecule has 4 N–H and O–H groups in total. The van der Waals surface area contributed by atoms with Crippen LogP contribution in [0.4, 0.5) is 13.2 Å². The SMILES string of the molecule is CC(=O)N(CCN)CCNCCN(CC(CC(F)(F)F)N=N)C(C)=O. The number of hydrogen-bond donors (Lipinski definition) is 3. The number of rotatable bonds is 12. The predicted octanol–water partition coefficient (Wildman–Crippen LogP) is 0.584. The molecule has 0 bridgehead atoms. The first-order chi connectivity index (χ1) is 11.6. The maximum absolute atomic E-state index is 12.4. The molecule has 0 saturated carbocycles. The minimum absolute atomic E-state index is 0.0929. The van der Waals surface area contributed by atoms with Crippen molar-refractivity contribution >= 4 is 11.8 Å². The Hall–Kier alpha value is -1.75. The van der Waals surface area contributed by atoms with Crippen molar-refractivity contribution in [3.8, 4) is 0 Å². The predicted molar refractivity (Wildman–Crippen MR) is 86.0 cm³/mol. The quantitative estimate of drug-likeness (QED) is 0.345. The zero-order valence-electron chi connectivity index (χ0n) is 14.6. The van der Waals surface area contributed by atoms with Gasteiger partial charge in [0.15, 0.2) is 0 Å². The van der Waals surface area contributed by atoms with E-state index in [2.05, 4.69) is 10.4 Å². The van der Waals surface area contributed by atoms with E-state index >= 15 is 0 Å². The number of amides is 2. The molecule has 0 aromatic heterocycles. The highest BCUT2D eigenvalue weighted by Gasteiger charge is 2.33. The lowest BCUT2D eigenvalue weighted by Gasteiger charge is -2.25. The number of halogens is 3. The monoisotopic (exact) mass is 368 g/mol. The lowest BCUT2D eigenvalue weighted by molar-refractivity contribution is -0.142. The molecule has 0 aromatic carbocycles. The third-order valence-corrected chi connectivity index (χ3v) is 3.49. The van der Waals surface area contributed by atoms with Crippen LogP contribution in [0.2, 0.25) is 0 Å². The van der Waals surface area contributed by atoms with Crippen LogP contribution in [0.15, 0.2) is 5.11 Å². The van der Waals surface area contributed by atoms with Gasteiger partial charge in [0.25, 0.3) is 0 Å². The summed E-state index contributed by atoms with van der Waals surface area (Å²) < 4.78 is 37.2. The Kier molecular flexibility index (Phi) is 10.9. The molecule has 0 aliphatic heterocycles. The van der Waals surface area contributed by atoms with Crippen molar-refractivity contribution in [2.24, 2.45) is 10.8 Å². The van der Waals surface area contributed by atoms with E-state index in [1.165, 1.54) is 18.7 Å². The smallest absolute Gasteiger partial charge is 0.340 e. The average Bonchev–Trinajstić information content (AvgIpc) is 2.49. The summed E-state index contributed by atoms with van der Waals surface area (Å²) in [5.41, 5.74) is 12.3. The molecular formula is C14H27F3N6O2. The van der Waals surface area contributed by atoms with Gasteiger partial charge >= 0.3 is 6.18 Å². The standard InChI is InChI=1S/C14H27F3N6O2/c1-11(24)22(6-3-18)7-4-20-5-8-23(12(2)25)10-13(21-19)9-14(15,16)17/h13,19-20H,3-10,18H2,1-2H3. The summed E-state index contributed by atoms with van der Waals surface area (Å²) in [4.78, 5) is 25.7. The van der Waals surface area contributed by atoms with Crippen molar-refractivity contribution in [3.63, 3.8) is 0 Å². The Morgan fingerprint density at radius 3 is 2.04 bits per heavy atom. The highest BCUT2D eigenvalue weighted by molar-refractivity contribution is 5.73. The van der Waals surface area contributed by atoms with Crippen LogP contribution >= 0.6 is 0 Å². The molecule has 0 aliphatic rings. The van der Waals surface area contributed by atoms with E-state index in [0.717, 1.165) is 0 Å². The van der Waals surface area contributed by atoms with E-state index in [1.807, 2.05) is 0 Å². The summed E-state index contributed by atoms with van der Waals surface area (Å²) in [6.07, 6.45) is -5.67. The lowest BCUT2D eigenvalue weighted by atomic mass is 10.2. The number of alkyl halides is 3. The van der Waals surface area contributed by atoms with Crippen molar-refractivity contribution in [1.82, 2.24) is 15.1 Å². The normalized spacial score (nSPS) is 12.6. The van der Waals surface area contributed by atoms with Gasteiger partial charge in [-0.15, -0.1) is 0 Å². The van der Waals surface area contributed by atoms with E-state index in [1.54, 1.807) is 4.90 Å². The molecule has 11 heteroatoms.